The largest absolute Gasteiger partial charge is 0.469 e. The van der Waals surface area contributed by atoms with Crippen molar-refractivity contribution >= 4 is 23.5 Å². The number of halogens is 3. The summed E-state index contributed by atoms with van der Waals surface area (Å²) >= 11 is 0. The fourth-order valence-corrected chi connectivity index (χ4v) is 5.05. The van der Waals surface area contributed by atoms with E-state index in [1.54, 1.807) is 36.4 Å². The van der Waals surface area contributed by atoms with Crippen LogP contribution in [0.15, 0.2) is 54.7 Å². The van der Waals surface area contributed by atoms with Crippen LogP contribution in [0.25, 0.3) is 5.69 Å². The molecule has 4 rings (SSSR count). The Balaban J connectivity index is 1.27. The lowest BCUT2D eigenvalue weighted by Gasteiger charge is -2.28. The fourth-order valence-electron chi connectivity index (χ4n) is 5.05. The second kappa shape index (κ2) is 13.0. The SMILES string of the molecule is COC(=O)C[C@H]1CC[C@H](c2ccc(NC(=O)CCNC(=O)c3cn(-c4ccc(C)cc4)nc3C(F)(F)F)cc2)CC1. The van der Waals surface area contributed by atoms with E-state index in [2.05, 4.69) is 15.7 Å². The molecule has 2 amide bonds. The molecule has 41 heavy (non-hydrogen) atoms. The quantitative estimate of drug-likeness (QED) is 0.317. The Kier molecular flexibility index (Phi) is 9.46. The highest BCUT2D eigenvalue weighted by molar-refractivity contribution is 5.96. The van der Waals surface area contributed by atoms with Crippen molar-refractivity contribution in [1.82, 2.24) is 15.1 Å². The number of aryl methyl sites for hydroxylation is 1. The standard InChI is InChI=1S/C30H33F3N4O4/c1-19-3-13-24(14-4-19)37-18-25(28(36-37)30(31,32)33)29(40)34-16-15-26(38)35-23-11-9-22(10-12-23)21-7-5-20(6-8-21)17-27(39)41-2/h3-4,9-14,18,20-21H,5-8,15-17H2,1-2H3,(H,34,40)(H,35,38)/t20-,21-. The van der Waals surface area contributed by atoms with Gasteiger partial charge in [0, 0.05) is 31.3 Å². The van der Waals surface area contributed by atoms with E-state index in [4.69, 9.17) is 4.74 Å². The summed E-state index contributed by atoms with van der Waals surface area (Å²) in [4.78, 5) is 36.5. The zero-order valence-corrected chi connectivity index (χ0v) is 23.0. The predicted octanol–water partition coefficient (Wildman–Crippen LogP) is 5.80. The minimum absolute atomic E-state index is 0.120. The van der Waals surface area contributed by atoms with E-state index >= 15 is 0 Å². The molecule has 1 aliphatic carbocycles. The highest BCUT2D eigenvalue weighted by Gasteiger charge is 2.39. The van der Waals surface area contributed by atoms with Crippen molar-refractivity contribution in [2.45, 2.75) is 57.5 Å². The van der Waals surface area contributed by atoms with Gasteiger partial charge in [-0.25, -0.2) is 4.68 Å². The molecule has 2 N–H and O–H groups in total. The Morgan fingerprint density at radius 3 is 2.27 bits per heavy atom. The summed E-state index contributed by atoms with van der Waals surface area (Å²) in [6.45, 7) is 1.70. The van der Waals surface area contributed by atoms with Crippen LogP contribution in [0.2, 0.25) is 0 Å². The number of methoxy groups -OCH3 is 1. The van der Waals surface area contributed by atoms with Gasteiger partial charge in [0.25, 0.3) is 5.91 Å². The molecule has 0 radical (unpaired) electrons. The van der Waals surface area contributed by atoms with Gasteiger partial charge in [-0.1, -0.05) is 29.8 Å². The van der Waals surface area contributed by atoms with Gasteiger partial charge in [0.1, 0.15) is 0 Å². The maximum absolute atomic E-state index is 13.6. The van der Waals surface area contributed by atoms with Crippen LogP contribution < -0.4 is 10.6 Å². The third-order valence-electron chi connectivity index (χ3n) is 7.36. The van der Waals surface area contributed by atoms with Crippen molar-refractivity contribution in [2.75, 3.05) is 19.0 Å². The van der Waals surface area contributed by atoms with E-state index in [-0.39, 0.29) is 24.8 Å². The average Bonchev–Trinajstić information content (AvgIpc) is 3.41. The number of hydrogen-bond donors (Lipinski definition) is 2. The Morgan fingerprint density at radius 1 is 1.00 bits per heavy atom. The summed E-state index contributed by atoms with van der Waals surface area (Å²) in [6.07, 6.45) is 0.424. The number of alkyl halides is 3. The van der Waals surface area contributed by atoms with Crippen molar-refractivity contribution in [2.24, 2.45) is 5.92 Å². The number of carbonyl (C=O) groups excluding carboxylic acids is 3. The van der Waals surface area contributed by atoms with Crippen molar-refractivity contribution in [3.05, 3.63) is 77.1 Å². The van der Waals surface area contributed by atoms with Gasteiger partial charge in [-0.2, -0.15) is 18.3 Å². The molecule has 0 aliphatic heterocycles. The van der Waals surface area contributed by atoms with Crippen molar-refractivity contribution < 1.29 is 32.3 Å². The van der Waals surface area contributed by atoms with Gasteiger partial charge in [-0.3, -0.25) is 14.4 Å². The molecule has 0 bridgehead atoms. The van der Waals surface area contributed by atoms with Crippen LogP contribution in [0.1, 0.15) is 71.6 Å². The molecular weight excluding hydrogens is 537 g/mol. The first-order valence-corrected chi connectivity index (χ1v) is 13.5. The van der Waals surface area contributed by atoms with Gasteiger partial charge >= 0.3 is 12.1 Å². The van der Waals surface area contributed by atoms with Gasteiger partial charge in [0.15, 0.2) is 5.69 Å². The number of anilines is 1. The molecule has 0 unspecified atom stereocenters. The highest BCUT2D eigenvalue weighted by atomic mass is 19.4. The monoisotopic (exact) mass is 570 g/mol. The Bertz CT molecular complexity index is 1360. The minimum atomic E-state index is -4.82. The summed E-state index contributed by atoms with van der Waals surface area (Å²) in [6, 6.07) is 14.2. The molecule has 1 heterocycles. The van der Waals surface area contributed by atoms with Crippen LogP contribution in [-0.2, 0) is 20.5 Å². The zero-order valence-electron chi connectivity index (χ0n) is 23.0. The Hall–Kier alpha value is -4.15. The average molecular weight is 571 g/mol. The first kappa shape index (κ1) is 29.8. The van der Waals surface area contributed by atoms with Crippen molar-refractivity contribution in [1.29, 1.82) is 0 Å². The molecule has 2 aromatic carbocycles. The van der Waals surface area contributed by atoms with Crippen molar-refractivity contribution in [3.63, 3.8) is 0 Å². The lowest BCUT2D eigenvalue weighted by Crippen LogP contribution is -2.29. The molecule has 1 aromatic heterocycles. The maximum Gasteiger partial charge on any atom is 0.435 e. The Labute approximate surface area is 236 Å². The number of hydrogen-bond acceptors (Lipinski definition) is 5. The van der Waals surface area contributed by atoms with Crippen LogP contribution in [0, 0.1) is 12.8 Å². The van der Waals surface area contributed by atoms with E-state index in [1.807, 2.05) is 19.1 Å². The number of esters is 1. The first-order chi connectivity index (χ1) is 19.5. The van der Waals surface area contributed by atoms with Crippen LogP contribution in [0.4, 0.5) is 18.9 Å². The number of amides is 2. The number of carbonyl (C=O) groups is 3. The highest BCUT2D eigenvalue weighted by Crippen LogP contribution is 2.37. The van der Waals surface area contributed by atoms with Gasteiger partial charge in [-0.05, 0) is 74.3 Å². The number of ether oxygens (including phenoxy) is 1. The van der Waals surface area contributed by atoms with Gasteiger partial charge in [-0.15, -0.1) is 0 Å². The summed E-state index contributed by atoms with van der Waals surface area (Å²) in [5.41, 5.74) is 1.16. The molecular formula is C30H33F3N4O4. The molecule has 0 spiro atoms. The van der Waals surface area contributed by atoms with Gasteiger partial charge < -0.3 is 15.4 Å². The van der Waals surface area contributed by atoms with Gasteiger partial charge in [0.2, 0.25) is 5.91 Å². The molecule has 1 aliphatic rings. The predicted molar refractivity (Wildman–Crippen MR) is 147 cm³/mol. The molecule has 11 heteroatoms. The molecule has 0 saturated heterocycles. The van der Waals surface area contributed by atoms with Crippen LogP contribution in [-0.4, -0.2) is 41.2 Å². The van der Waals surface area contributed by atoms with Crippen LogP contribution >= 0.6 is 0 Å². The normalized spacial score (nSPS) is 17.1. The second-order valence-corrected chi connectivity index (χ2v) is 10.3. The van der Waals surface area contributed by atoms with E-state index < -0.39 is 23.3 Å². The summed E-state index contributed by atoms with van der Waals surface area (Å²) in [5, 5.41) is 8.73. The third kappa shape index (κ3) is 7.96. The van der Waals surface area contributed by atoms with Gasteiger partial charge in [0.05, 0.1) is 18.4 Å². The fraction of sp³-hybridized carbons (Fsp3) is 0.400. The molecule has 8 nitrogen and oxygen atoms in total. The molecule has 1 fully saturated rings. The van der Waals surface area contributed by atoms with Crippen molar-refractivity contribution in [3.8, 4) is 5.69 Å². The summed E-state index contributed by atoms with van der Waals surface area (Å²) in [5.74, 6) is -0.779. The van der Waals surface area contributed by atoms with E-state index in [9.17, 15) is 27.6 Å². The topological polar surface area (TPSA) is 102 Å². The summed E-state index contributed by atoms with van der Waals surface area (Å²) in [7, 11) is 1.40. The maximum atomic E-state index is 13.6. The minimum Gasteiger partial charge on any atom is -0.469 e. The third-order valence-corrected chi connectivity index (χ3v) is 7.36. The zero-order chi connectivity index (χ0) is 29.6. The number of nitrogens with zero attached hydrogens (tertiary/aromatic N) is 2. The van der Waals surface area contributed by atoms with Crippen LogP contribution in [0.5, 0.6) is 0 Å². The van der Waals surface area contributed by atoms with E-state index in [0.29, 0.717) is 29.6 Å². The number of benzene rings is 2. The van der Waals surface area contributed by atoms with E-state index in [1.165, 1.54) is 12.7 Å². The molecule has 1 saturated carbocycles. The smallest absolute Gasteiger partial charge is 0.435 e. The Morgan fingerprint density at radius 2 is 1.66 bits per heavy atom. The molecule has 3 aromatic rings. The number of rotatable bonds is 9. The lowest BCUT2D eigenvalue weighted by atomic mass is 9.77. The summed E-state index contributed by atoms with van der Waals surface area (Å²) < 4.78 is 46.5. The first-order valence-electron chi connectivity index (χ1n) is 13.5. The lowest BCUT2D eigenvalue weighted by molar-refractivity contribution is -0.142. The molecule has 218 valence electrons. The number of aromatic nitrogens is 2. The van der Waals surface area contributed by atoms with E-state index in [0.717, 1.165) is 42.1 Å². The number of nitrogens with one attached hydrogen (secondary N) is 2. The second-order valence-electron chi connectivity index (χ2n) is 10.3. The van der Waals surface area contributed by atoms with Crippen LogP contribution in [0.3, 0.4) is 0 Å². The molecule has 0 atom stereocenters.